The molecule has 1 aromatic carbocycles. The van der Waals surface area contributed by atoms with Crippen LogP contribution in [0.2, 0.25) is 0 Å². The largest absolute Gasteiger partial charge is 0.508 e. The number of carboxylic acids is 2. The van der Waals surface area contributed by atoms with Crippen molar-refractivity contribution in [1.29, 1.82) is 0 Å². The van der Waals surface area contributed by atoms with Crippen molar-refractivity contribution in [2.24, 2.45) is 16.7 Å². The Morgan fingerprint density at radius 1 is 0.842 bits per heavy atom. The Labute approximate surface area is 226 Å². The van der Waals surface area contributed by atoms with Crippen LogP contribution in [0.1, 0.15) is 131 Å². The molecule has 3 fully saturated rings. The average Bonchev–Trinajstić information content (AvgIpc) is 3.24. The van der Waals surface area contributed by atoms with E-state index in [2.05, 4.69) is 6.92 Å². The maximum absolute atomic E-state index is 11.6. The zero-order valence-electron chi connectivity index (χ0n) is 23.1. The summed E-state index contributed by atoms with van der Waals surface area (Å²) >= 11 is 0. The molecule has 0 spiro atoms. The minimum Gasteiger partial charge on any atom is -0.508 e. The fourth-order valence-corrected chi connectivity index (χ4v) is 9.69. The number of rotatable bonds is 12. The molecule has 6 nitrogen and oxygen atoms in total. The third-order valence-electron chi connectivity index (χ3n) is 11.6. The normalized spacial score (nSPS) is 33.0. The van der Waals surface area contributed by atoms with E-state index in [-0.39, 0.29) is 23.7 Å². The van der Waals surface area contributed by atoms with Crippen LogP contribution < -0.4 is 0 Å². The number of hydrogen-bond acceptors (Lipinski definition) is 4. The van der Waals surface area contributed by atoms with Crippen LogP contribution in [0, 0.1) is 16.7 Å². The van der Waals surface area contributed by atoms with E-state index in [1.54, 1.807) is 0 Å². The van der Waals surface area contributed by atoms with Gasteiger partial charge >= 0.3 is 11.9 Å². The van der Waals surface area contributed by atoms with Gasteiger partial charge in [-0.15, -0.1) is 0 Å². The summed E-state index contributed by atoms with van der Waals surface area (Å²) in [6.07, 6.45) is 15.2. The Morgan fingerprint density at radius 2 is 1.45 bits per heavy atom. The maximum Gasteiger partial charge on any atom is 0.303 e. The molecule has 2 bridgehead atoms. The van der Waals surface area contributed by atoms with Crippen LogP contribution in [0.25, 0.3) is 0 Å². The lowest BCUT2D eigenvalue weighted by Crippen LogP contribution is -2.52. The molecule has 3 saturated carbocycles. The molecular weight excluding hydrogens is 480 g/mol. The van der Waals surface area contributed by atoms with Crippen molar-refractivity contribution in [2.45, 2.75) is 134 Å². The topological polar surface area (TPSA) is 115 Å². The first-order valence-electron chi connectivity index (χ1n) is 15.1. The number of aryl methyl sites for hydroxylation is 1. The van der Waals surface area contributed by atoms with Gasteiger partial charge in [0.05, 0.1) is 5.60 Å². The monoisotopic (exact) mass is 526 g/mol. The van der Waals surface area contributed by atoms with E-state index in [1.807, 2.05) is 6.07 Å². The molecule has 6 heteroatoms. The highest BCUT2D eigenvalue weighted by Gasteiger charge is 2.73. The van der Waals surface area contributed by atoms with Crippen molar-refractivity contribution in [3.63, 3.8) is 0 Å². The van der Waals surface area contributed by atoms with Crippen LogP contribution >= 0.6 is 0 Å². The Bertz CT molecular complexity index is 1070. The van der Waals surface area contributed by atoms with Crippen LogP contribution in [0.5, 0.6) is 5.75 Å². The summed E-state index contributed by atoms with van der Waals surface area (Å²) in [5.41, 5.74) is 4.84. The number of hydrogen-bond donors (Lipinski definition) is 4. The number of phenolic OH excluding ortho intramolecular Hbond substituents is 1. The summed E-state index contributed by atoms with van der Waals surface area (Å²) in [6, 6.07) is 2.02. The number of aliphatic carboxylic acids is 2. The van der Waals surface area contributed by atoms with Gasteiger partial charge in [0.1, 0.15) is 5.75 Å². The average molecular weight is 527 g/mol. The number of carboxylic acid groups (broad SMARTS) is 2. The van der Waals surface area contributed by atoms with Crippen molar-refractivity contribution >= 4 is 11.9 Å². The Morgan fingerprint density at radius 3 is 2.05 bits per heavy atom. The van der Waals surface area contributed by atoms with Gasteiger partial charge in [0.2, 0.25) is 0 Å². The molecule has 210 valence electrons. The van der Waals surface area contributed by atoms with Gasteiger partial charge in [0, 0.05) is 18.3 Å². The van der Waals surface area contributed by atoms with E-state index in [0.717, 1.165) is 95.5 Å². The van der Waals surface area contributed by atoms with Crippen LogP contribution in [-0.4, -0.2) is 38.0 Å². The molecule has 4 aliphatic carbocycles. The van der Waals surface area contributed by atoms with Crippen LogP contribution in [-0.2, 0) is 28.9 Å². The second-order valence-corrected chi connectivity index (χ2v) is 13.1. The third-order valence-corrected chi connectivity index (χ3v) is 11.6. The number of phenols is 1. The van der Waals surface area contributed by atoms with E-state index >= 15 is 0 Å². The van der Waals surface area contributed by atoms with Crippen molar-refractivity contribution in [3.8, 4) is 5.75 Å². The molecule has 0 saturated heterocycles. The van der Waals surface area contributed by atoms with Gasteiger partial charge in [-0.3, -0.25) is 9.59 Å². The Balaban J connectivity index is 1.44. The summed E-state index contributed by atoms with van der Waals surface area (Å²) in [6.45, 7) is 2.38. The lowest BCUT2D eigenvalue weighted by Gasteiger charge is -2.57. The van der Waals surface area contributed by atoms with Crippen LogP contribution in [0.15, 0.2) is 6.07 Å². The summed E-state index contributed by atoms with van der Waals surface area (Å²) in [7, 11) is 0. The van der Waals surface area contributed by atoms with E-state index in [4.69, 9.17) is 10.2 Å². The number of carbonyl (C=O) groups is 2. The van der Waals surface area contributed by atoms with Gasteiger partial charge in [0.25, 0.3) is 0 Å². The van der Waals surface area contributed by atoms with E-state index in [1.165, 1.54) is 16.7 Å². The molecular formula is C32H46O6. The summed E-state index contributed by atoms with van der Waals surface area (Å²) < 4.78 is 0. The summed E-state index contributed by atoms with van der Waals surface area (Å²) in [5.74, 6) is -0.0844. The van der Waals surface area contributed by atoms with Crippen molar-refractivity contribution in [2.75, 3.05) is 0 Å². The fraction of sp³-hybridized carbons (Fsp3) is 0.750. The highest BCUT2D eigenvalue weighted by Crippen LogP contribution is 2.77. The molecule has 38 heavy (non-hydrogen) atoms. The lowest BCUT2D eigenvalue weighted by molar-refractivity contribution is -0.138. The smallest absolute Gasteiger partial charge is 0.303 e. The second-order valence-electron chi connectivity index (χ2n) is 13.1. The maximum atomic E-state index is 11.6. The Hall–Kier alpha value is -2.08. The van der Waals surface area contributed by atoms with Crippen molar-refractivity contribution in [1.82, 2.24) is 0 Å². The SMILES string of the molecule is C[C@]12CC[C@@H]3c4c(cc(O)c(CCCCCC(=O)O)c4CCCCCC(=O)O)CC[C@H]3[C@]13CC[C@]2(O)CC3. The van der Waals surface area contributed by atoms with E-state index in [0.29, 0.717) is 30.4 Å². The first-order chi connectivity index (χ1) is 18.1. The Kier molecular flexibility index (Phi) is 7.58. The van der Waals surface area contributed by atoms with E-state index in [9.17, 15) is 19.8 Å². The van der Waals surface area contributed by atoms with Gasteiger partial charge in [-0.05, 0) is 135 Å². The molecule has 4 aliphatic rings. The molecule has 0 heterocycles. The third kappa shape index (κ3) is 4.45. The predicted octanol–water partition coefficient (Wildman–Crippen LogP) is 6.52. The molecule has 0 aliphatic heterocycles. The lowest BCUT2D eigenvalue weighted by atomic mass is 9.47. The highest BCUT2D eigenvalue weighted by atomic mass is 16.4. The zero-order valence-corrected chi connectivity index (χ0v) is 23.1. The quantitative estimate of drug-likeness (QED) is 0.231. The zero-order chi connectivity index (χ0) is 27.1. The van der Waals surface area contributed by atoms with Gasteiger partial charge in [0.15, 0.2) is 0 Å². The van der Waals surface area contributed by atoms with Crippen LogP contribution in [0.3, 0.4) is 0 Å². The summed E-state index contributed by atoms with van der Waals surface area (Å²) in [4.78, 5) is 21.9. The van der Waals surface area contributed by atoms with Crippen LogP contribution in [0.4, 0.5) is 0 Å². The number of aromatic hydroxyl groups is 1. The molecule has 5 rings (SSSR count). The minimum absolute atomic E-state index is 0.0134. The number of unbranched alkanes of at least 4 members (excludes halogenated alkanes) is 4. The first kappa shape index (κ1) is 27.5. The van der Waals surface area contributed by atoms with Gasteiger partial charge in [-0.25, -0.2) is 0 Å². The minimum atomic E-state index is -0.760. The molecule has 3 atom stereocenters. The summed E-state index contributed by atoms with van der Waals surface area (Å²) in [5, 5.41) is 40.8. The molecule has 0 radical (unpaired) electrons. The second kappa shape index (κ2) is 10.5. The fourth-order valence-electron chi connectivity index (χ4n) is 9.69. The molecule has 0 aromatic heterocycles. The van der Waals surface area contributed by atoms with E-state index < -0.39 is 17.5 Å². The highest BCUT2D eigenvalue weighted by molar-refractivity contribution is 5.66. The van der Waals surface area contributed by atoms with Gasteiger partial charge in [-0.1, -0.05) is 19.8 Å². The van der Waals surface area contributed by atoms with Gasteiger partial charge in [-0.2, -0.15) is 0 Å². The van der Waals surface area contributed by atoms with Crippen molar-refractivity contribution < 1.29 is 30.0 Å². The number of benzene rings is 1. The molecule has 4 N–H and O–H groups in total. The predicted molar refractivity (Wildman–Crippen MR) is 145 cm³/mol. The molecule has 1 aromatic rings. The molecule has 0 amide bonds. The number of fused-ring (bicyclic) bond motifs is 3. The van der Waals surface area contributed by atoms with Gasteiger partial charge < -0.3 is 20.4 Å². The van der Waals surface area contributed by atoms with Crippen molar-refractivity contribution in [3.05, 3.63) is 28.3 Å². The number of aliphatic hydroxyl groups is 1. The standard InChI is InChI=1S/C32H46O6/c1-30-15-14-24-25(31(30)16-18-32(30,38)19-17-31)13-12-21-20-26(33)22(8-4-2-6-10-27(34)35)23(29(21)24)9-5-3-7-11-28(36)37/h20,24-25,33,38H,2-19H2,1H3,(H,34,35)(H,36,37)/t24-,25+,30-,31-,32+/m0/s1. The molecule has 0 unspecified atom stereocenters. The first-order valence-corrected chi connectivity index (χ1v) is 15.1.